The highest BCUT2D eigenvalue weighted by Gasteiger charge is 2.12. The van der Waals surface area contributed by atoms with Gasteiger partial charge in [-0.05, 0) is 60.5 Å². The molecule has 0 saturated heterocycles. The number of hydrazone groups is 1. The van der Waals surface area contributed by atoms with E-state index in [1.807, 2.05) is 25.1 Å². The number of para-hydroxylation sites is 1. The fourth-order valence-corrected chi connectivity index (χ4v) is 2.79. The zero-order valence-electron chi connectivity index (χ0n) is 17.4. The van der Waals surface area contributed by atoms with Crippen molar-refractivity contribution in [2.24, 2.45) is 5.10 Å². The Labute approximate surface area is 191 Å². The van der Waals surface area contributed by atoms with Crippen LogP contribution >= 0.6 is 11.6 Å². The Morgan fingerprint density at radius 1 is 0.938 bits per heavy atom. The van der Waals surface area contributed by atoms with E-state index in [1.54, 1.807) is 54.6 Å². The lowest BCUT2D eigenvalue weighted by Gasteiger charge is -2.12. The molecule has 0 radical (unpaired) electrons. The number of carbonyl (C=O) groups is 2. The van der Waals surface area contributed by atoms with Crippen LogP contribution in [0.5, 0.6) is 11.5 Å². The third-order valence-corrected chi connectivity index (χ3v) is 4.44. The van der Waals surface area contributed by atoms with Crippen LogP contribution in [0.1, 0.15) is 18.1 Å². The van der Waals surface area contributed by atoms with Gasteiger partial charge in [0.2, 0.25) is 0 Å². The van der Waals surface area contributed by atoms with Crippen LogP contribution in [0.25, 0.3) is 0 Å². The van der Waals surface area contributed by atoms with Gasteiger partial charge < -0.3 is 14.8 Å². The highest BCUT2D eigenvalue weighted by molar-refractivity contribution is 6.39. The van der Waals surface area contributed by atoms with Gasteiger partial charge in [-0.15, -0.1) is 0 Å². The van der Waals surface area contributed by atoms with E-state index in [1.165, 1.54) is 6.21 Å². The van der Waals surface area contributed by atoms with Gasteiger partial charge in [0.05, 0.1) is 12.8 Å². The van der Waals surface area contributed by atoms with Crippen molar-refractivity contribution in [3.05, 3.63) is 88.9 Å². The Hall–Kier alpha value is -3.84. The van der Waals surface area contributed by atoms with E-state index in [0.29, 0.717) is 41.0 Å². The number of nitrogens with zero attached hydrogens (tertiary/aromatic N) is 1. The Morgan fingerprint density at radius 2 is 1.69 bits per heavy atom. The normalized spacial score (nSPS) is 10.6. The van der Waals surface area contributed by atoms with Crippen molar-refractivity contribution in [3.8, 4) is 11.5 Å². The van der Waals surface area contributed by atoms with Crippen LogP contribution in [0, 0.1) is 0 Å². The van der Waals surface area contributed by atoms with E-state index >= 15 is 0 Å². The molecule has 0 saturated carbocycles. The van der Waals surface area contributed by atoms with Crippen LogP contribution in [-0.4, -0.2) is 24.6 Å². The van der Waals surface area contributed by atoms with Crippen molar-refractivity contribution in [2.75, 3.05) is 11.9 Å². The number of nitrogens with one attached hydrogen (secondary N) is 2. The minimum absolute atomic E-state index is 0.358. The molecule has 0 atom stereocenters. The first kappa shape index (κ1) is 22.8. The van der Waals surface area contributed by atoms with Crippen LogP contribution in [0.4, 0.5) is 5.69 Å². The van der Waals surface area contributed by atoms with Crippen LogP contribution < -0.4 is 20.2 Å². The third kappa shape index (κ3) is 6.85. The van der Waals surface area contributed by atoms with Gasteiger partial charge in [-0.3, -0.25) is 9.59 Å². The zero-order chi connectivity index (χ0) is 22.8. The van der Waals surface area contributed by atoms with Crippen molar-refractivity contribution in [1.82, 2.24) is 5.43 Å². The van der Waals surface area contributed by atoms with Crippen molar-refractivity contribution in [3.63, 3.8) is 0 Å². The van der Waals surface area contributed by atoms with Crippen LogP contribution in [0.15, 0.2) is 77.9 Å². The van der Waals surface area contributed by atoms with E-state index < -0.39 is 11.8 Å². The molecule has 164 valence electrons. The molecule has 2 amide bonds. The molecule has 7 nitrogen and oxygen atoms in total. The second-order valence-corrected chi connectivity index (χ2v) is 7.01. The quantitative estimate of drug-likeness (QED) is 0.301. The van der Waals surface area contributed by atoms with Crippen LogP contribution in [0.2, 0.25) is 5.02 Å². The van der Waals surface area contributed by atoms with E-state index in [0.717, 1.165) is 5.56 Å². The summed E-state index contributed by atoms with van der Waals surface area (Å²) < 4.78 is 11.5. The number of halogens is 1. The van der Waals surface area contributed by atoms with Gasteiger partial charge in [-0.1, -0.05) is 41.9 Å². The third-order valence-electron chi connectivity index (χ3n) is 4.19. The summed E-state index contributed by atoms with van der Waals surface area (Å²) in [4.78, 5) is 23.8. The first-order valence-corrected chi connectivity index (χ1v) is 10.3. The molecule has 3 rings (SSSR count). The Kier molecular flexibility index (Phi) is 8.22. The first-order chi connectivity index (χ1) is 15.5. The second-order valence-electron chi connectivity index (χ2n) is 6.57. The number of ether oxygens (including phenoxy) is 2. The number of hydrogen-bond donors (Lipinski definition) is 2. The number of hydrogen-bond acceptors (Lipinski definition) is 5. The van der Waals surface area contributed by atoms with E-state index in [-0.39, 0.29) is 0 Å². The lowest BCUT2D eigenvalue weighted by Crippen LogP contribution is -2.32. The second kappa shape index (κ2) is 11.5. The highest BCUT2D eigenvalue weighted by atomic mass is 35.5. The maximum Gasteiger partial charge on any atom is 0.329 e. The largest absolute Gasteiger partial charge is 0.490 e. The number of benzene rings is 3. The number of carbonyl (C=O) groups excluding carboxylic acids is 2. The molecule has 0 unspecified atom stereocenters. The molecule has 0 bridgehead atoms. The summed E-state index contributed by atoms with van der Waals surface area (Å²) in [5.74, 6) is -0.573. The smallest absolute Gasteiger partial charge is 0.329 e. The Bertz CT molecular complexity index is 1090. The molecule has 2 N–H and O–H groups in total. The van der Waals surface area contributed by atoms with Gasteiger partial charge in [-0.25, -0.2) is 5.43 Å². The van der Waals surface area contributed by atoms with Gasteiger partial charge in [0.25, 0.3) is 0 Å². The van der Waals surface area contributed by atoms with Crippen LogP contribution in [0.3, 0.4) is 0 Å². The first-order valence-electron chi connectivity index (χ1n) is 9.88. The number of anilines is 1. The molecule has 0 heterocycles. The molecule has 0 aliphatic heterocycles. The van der Waals surface area contributed by atoms with Gasteiger partial charge in [0.1, 0.15) is 6.61 Å². The van der Waals surface area contributed by atoms with Crippen molar-refractivity contribution in [2.45, 2.75) is 13.5 Å². The minimum Gasteiger partial charge on any atom is -0.490 e. The summed E-state index contributed by atoms with van der Waals surface area (Å²) >= 11 is 5.91. The minimum atomic E-state index is -0.877. The Balaban J connectivity index is 1.59. The fraction of sp³-hybridized carbons (Fsp3) is 0.125. The number of amides is 2. The molecule has 32 heavy (non-hydrogen) atoms. The zero-order valence-corrected chi connectivity index (χ0v) is 18.1. The van der Waals surface area contributed by atoms with Gasteiger partial charge in [0.15, 0.2) is 11.5 Å². The molecule has 0 aliphatic rings. The lowest BCUT2D eigenvalue weighted by atomic mass is 10.2. The molecule has 3 aromatic carbocycles. The predicted octanol–water partition coefficient (Wildman–Crippen LogP) is 4.41. The topological polar surface area (TPSA) is 89.0 Å². The van der Waals surface area contributed by atoms with Crippen molar-refractivity contribution in [1.29, 1.82) is 0 Å². The molecule has 3 aromatic rings. The van der Waals surface area contributed by atoms with E-state index in [9.17, 15) is 9.59 Å². The summed E-state index contributed by atoms with van der Waals surface area (Å²) in [6.45, 7) is 2.68. The van der Waals surface area contributed by atoms with Crippen molar-refractivity contribution >= 4 is 35.3 Å². The molecular weight excluding hydrogens is 430 g/mol. The summed E-state index contributed by atoms with van der Waals surface area (Å²) in [7, 11) is 0. The average Bonchev–Trinajstić information content (AvgIpc) is 2.80. The fourth-order valence-electron chi connectivity index (χ4n) is 2.66. The van der Waals surface area contributed by atoms with Gasteiger partial charge >= 0.3 is 11.8 Å². The molecule has 8 heteroatoms. The van der Waals surface area contributed by atoms with Gasteiger partial charge in [0, 0.05) is 10.7 Å². The van der Waals surface area contributed by atoms with Gasteiger partial charge in [-0.2, -0.15) is 5.10 Å². The highest BCUT2D eigenvalue weighted by Crippen LogP contribution is 2.29. The standard InChI is InChI=1S/C24H22ClN3O4/c1-2-31-22-14-18(10-13-21(22)32-16-17-8-11-19(25)12-9-17)15-26-28-24(30)23(29)27-20-6-4-3-5-7-20/h3-15H,2,16H2,1H3,(H,27,29)(H,28,30)/b26-15+. The average molecular weight is 452 g/mol. The molecule has 0 spiro atoms. The predicted molar refractivity (Wildman–Crippen MR) is 124 cm³/mol. The lowest BCUT2D eigenvalue weighted by molar-refractivity contribution is -0.136. The SMILES string of the molecule is CCOc1cc(/C=N/NC(=O)C(=O)Nc2ccccc2)ccc1OCc1ccc(Cl)cc1. The molecule has 0 fully saturated rings. The monoisotopic (exact) mass is 451 g/mol. The number of rotatable bonds is 8. The molecule has 0 aromatic heterocycles. The summed E-state index contributed by atoms with van der Waals surface area (Å²) in [6, 6.07) is 21.3. The van der Waals surface area contributed by atoms with E-state index in [2.05, 4.69) is 15.8 Å². The maximum atomic E-state index is 11.9. The summed E-state index contributed by atoms with van der Waals surface area (Å²) in [5, 5.41) is 6.99. The maximum absolute atomic E-state index is 11.9. The summed E-state index contributed by atoms with van der Waals surface area (Å²) in [6.07, 6.45) is 1.42. The summed E-state index contributed by atoms with van der Waals surface area (Å²) in [5.41, 5.74) is 4.36. The molecule has 0 aliphatic carbocycles. The molecular formula is C24H22ClN3O4. The van der Waals surface area contributed by atoms with Crippen molar-refractivity contribution < 1.29 is 19.1 Å². The van der Waals surface area contributed by atoms with E-state index in [4.69, 9.17) is 21.1 Å². The Morgan fingerprint density at radius 3 is 2.41 bits per heavy atom. The van der Waals surface area contributed by atoms with Crippen LogP contribution in [-0.2, 0) is 16.2 Å².